The highest BCUT2D eigenvalue weighted by Crippen LogP contribution is 2.32. The maximum Gasteiger partial charge on any atom is 0.184 e. The van der Waals surface area contributed by atoms with Gasteiger partial charge in [-0.25, -0.2) is 0 Å². The molecule has 1 saturated heterocycles. The lowest BCUT2D eigenvalue weighted by molar-refractivity contribution is 0.0647. The van der Waals surface area contributed by atoms with Gasteiger partial charge in [-0.15, -0.1) is 0 Å². The molecule has 17 heavy (non-hydrogen) atoms. The van der Waals surface area contributed by atoms with E-state index in [1.165, 1.54) is 12.8 Å². The van der Waals surface area contributed by atoms with Gasteiger partial charge in [0.25, 0.3) is 0 Å². The van der Waals surface area contributed by atoms with Crippen LogP contribution in [0.25, 0.3) is 0 Å². The van der Waals surface area contributed by atoms with Crippen LogP contribution < -0.4 is 0 Å². The van der Waals surface area contributed by atoms with Crippen molar-refractivity contribution in [2.24, 2.45) is 0 Å². The Morgan fingerprint density at radius 1 is 1.47 bits per heavy atom. The molecule has 1 atom stereocenters. The first-order valence-electron chi connectivity index (χ1n) is 6.11. The molecule has 4 heteroatoms. The molecule has 1 aromatic heterocycles. The van der Waals surface area contributed by atoms with Crippen molar-refractivity contribution < 1.29 is 4.79 Å². The number of halogens is 1. The SMILES string of the molecule is CCC(C)(C(=O)c1cscc1Br)N1CCCC1. The molecule has 1 unspecified atom stereocenters. The summed E-state index contributed by atoms with van der Waals surface area (Å²) >= 11 is 5.05. The minimum Gasteiger partial charge on any atom is -0.292 e. The molecule has 1 aromatic rings. The summed E-state index contributed by atoms with van der Waals surface area (Å²) in [5.74, 6) is 0.259. The zero-order valence-electron chi connectivity index (χ0n) is 10.3. The van der Waals surface area contributed by atoms with Crippen molar-refractivity contribution in [3.05, 3.63) is 20.8 Å². The molecule has 1 aliphatic heterocycles. The van der Waals surface area contributed by atoms with E-state index in [9.17, 15) is 4.79 Å². The van der Waals surface area contributed by atoms with Crippen molar-refractivity contribution >= 4 is 33.0 Å². The fourth-order valence-electron chi connectivity index (χ4n) is 2.47. The molecule has 0 saturated carbocycles. The predicted molar refractivity (Wildman–Crippen MR) is 75.9 cm³/mol. The Morgan fingerprint density at radius 3 is 2.59 bits per heavy atom. The number of hydrogen-bond donors (Lipinski definition) is 0. The Kier molecular flexibility index (Phi) is 4.06. The van der Waals surface area contributed by atoms with Gasteiger partial charge < -0.3 is 0 Å². The molecule has 0 radical (unpaired) electrons. The lowest BCUT2D eigenvalue weighted by Crippen LogP contribution is -2.50. The highest BCUT2D eigenvalue weighted by atomic mass is 79.9. The van der Waals surface area contributed by atoms with E-state index in [1.54, 1.807) is 11.3 Å². The van der Waals surface area contributed by atoms with Gasteiger partial charge >= 0.3 is 0 Å². The highest BCUT2D eigenvalue weighted by Gasteiger charge is 2.40. The molecular formula is C13H18BrNOS. The molecule has 2 nitrogen and oxygen atoms in total. The number of nitrogens with zero attached hydrogens (tertiary/aromatic N) is 1. The van der Waals surface area contributed by atoms with Gasteiger partial charge in [0.15, 0.2) is 5.78 Å². The molecular weight excluding hydrogens is 298 g/mol. The van der Waals surface area contributed by atoms with Crippen molar-refractivity contribution in [2.75, 3.05) is 13.1 Å². The summed E-state index contributed by atoms with van der Waals surface area (Å²) in [5, 5.41) is 3.93. The van der Waals surface area contributed by atoms with Gasteiger partial charge in [0, 0.05) is 20.8 Å². The summed E-state index contributed by atoms with van der Waals surface area (Å²) in [6.07, 6.45) is 3.30. The van der Waals surface area contributed by atoms with Gasteiger partial charge in [-0.05, 0) is 55.2 Å². The molecule has 0 bridgehead atoms. The molecule has 0 aliphatic carbocycles. The number of hydrogen-bond acceptors (Lipinski definition) is 3. The Morgan fingerprint density at radius 2 is 2.12 bits per heavy atom. The van der Waals surface area contributed by atoms with E-state index in [1.807, 2.05) is 10.8 Å². The van der Waals surface area contributed by atoms with Crippen LogP contribution in [-0.2, 0) is 0 Å². The first-order chi connectivity index (χ1) is 8.09. The topological polar surface area (TPSA) is 20.3 Å². The van der Waals surface area contributed by atoms with Gasteiger partial charge in [0.1, 0.15) is 0 Å². The van der Waals surface area contributed by atoms with Gasteiger partial charge in [-0.1, -0.05) is 6.92 Å². The molecule has 94 valence electrons. The number of Topliss-reactive ketones (excluding diaryl/α,β-unsaturated/α-hetero) is 1. The average molecular weight is 316 g/mol. The van der Waals surface area contributed by atoms with Gasteiger partial charge in [-0.2, -0.15) is 11.3 Å². The van der Waals surface area contributed by atoms with Crippen LogP contribution in [0.15, 0.2) is 15.2 Å². The smallest absolute Gasteiger partial charge is 0.184 e. The summed E-state index contributed by atoms with van der Waals surface area (Å²) in [7, 11) is 0. The molecule has 0 N–H and O–H groups in total. The lowest BCUT2D eigenvalue weighted by atomic mass is 9.88. The van der Waals surface area contributed by atoms with Crippen LogP contribution in [0.1, 0.15) is 43.5 Å². The molecule has 0 amide bonds. The van der Waals surface area contributed by atoms with E-state index in [-0.39, 0.29) is 11.3 Å². The number of thiophene rings is 1. The Hall–Kier alpha value is -0.190. The maximum atomic E-state index is 12.7. The third kappa shape index (κ3) is 2.35. The second-order valence-corrected chi connectivity index (χ2v) is 6.38. The number of ketones is 1. The van der Waals surface area contributed by atoms with E-state index < -0.39 is 0 Å². The van der Waals surface area contributed by atoms with Gasteiger partial charge in [0.05, 0.1) is 5.54 Å². The zero-order valence-corrected chi connectivity index (χ0v) is 12.7. The Labute approximate surface area is 115 Å². The fourth-order valence-corrected chi connectivity index (χ4v) is 3.93. The van der Waals surface area contributed by atoms with Gasteiger partial charge in [-0.3, -0.25) is 9.69 Å². The third-order valence-electron chi connectivity index (χ3n) is 3.84. The number of carbonyl (C=O) groups excluding carboxylic acids is 1. The quantitative estimate of drug-likeness (QED) is 0.784. The van der Waals surface area contributed by atoms with Crippen molar-refractivity contribution in [2.45, 2.75) is 38.6 Å². The molecule has 0 spiro atoms. The number of carbonyl (C=O) groups is 1. The first-order valence-corrected chi connectivity index (χ1v) is 7.84. The number of likely N-dealkylation sites (tertiary alicyclic amines) is 1. The summed E-state index contributed by atoms with van der Waals surface area (Å²) in [6, 6.07) is 0. The maximum absolute atomic E-state index is 12.7. The Bertz CT molecular complexity index is 411. The third-order valence-corrected chi connectivity index (χ3v) is 5.54. The second-order valence-electron chi connectivity index (χ2n) is 4.78. The molecule has 2 heterocycles. The van der Waals surface area contributed by atoms with Crippen LogP contribution in [0, 0.1) is 0 Å². The minimum atomic E-state index is -0.333. The fraction of sp³-hybridized carbons (Fsp3) is 0.615. The minimum absolute atomic E-state index is 0.259. The standard InChI is InChI=1S/C13H18BrNOS/c1-3-13(2,15-6-4-5-7-15)12(16)10-8-17-9-11(10)14/h8-9H,3-7H2,1-2H3. The number of rotatable bonds is 4. The monoisotopic (exact) mass is 315 g/mol. The van der Waals surface area contributed by atoms with E-state index in [0.717, 1.165) is 29.5 Å². The molecule has 0 aromatic carbocycles. The van der Waals surface area contributed by atoms with E-state index >= 15 is 0 Å². The normalized spacial score (nSPS) is 20.4. The largest absolute Gasteiger partial charge is 0.292 e. The van der Waals surface area contributed by atoms with Crippen LogP contribution in [0.5, 0.6) is 0 Å². The summed E-state index contributed by atoms with van der Waals surface area (Å²) in [5.41, 5.74) is 0.506. The van der Waals surface area contributed by atoms with Crippen LogP contribution in [0.2, 0.25) is 0 Å². The van der Waals surface area contributed by atoms with Gasteiger partial charge in [0.2, 0.25) is 0 Å². The summed E-state index contributed by atoms with van der Waals surface area (Å²) in [4.78, 5) is 15.0. The lowest BCUT2D eigenvalue weighted by Gasteiger charge is -2.36. The van der Waals surface area contributed by atoms with Crippen molar-refractivity contribution in [1.82, 2.24) is 4.90 Å². The van der Waals surface area contributed by atoms with Crippen LogP contribution in [-0.4, -0.2) is 29.3 Å². The van der Waals surface area contributed by atoms with E-state index in [0.29, 0.717) is 0 Å². The molecule has 1 fully saturated rings. The zero-order chi connectivity index (χ0) is 12.5. The van der Waals surface area contributed by atoms with E-state index in [4.69, 9.17) is 0 Å². The van der Waals surface area contributed by atoms with Crippen LogP contribution in [0.3, 0.4) is 0 Å². The van der Waals surface area contributed by atoms with E-state index in [2.05, 4.69) is 34.7 Å². The molecule has 1 aliphatic rings. The first kappa shape index (κ1) is 13.2. The average Bonchev–Trinajstić information content (AvgIpc) is 2.97. The highest BCUT2D eigenvalue weighted by molar-refractivity contribution is 9.10. The predicted octanol–water partition coefficient (Wildman–Crippen LogP) is 3.96. The summed E-state index contributed by atoms with van der Waals surface area (Å²) < 4.78 is 0.936. The molecule has 2 rings (SSSR count). The van der Waals surface area contributed by atoms with Crippen LogP contribution >= 0.6 is 27.3 Å². The van der Waals surface area contributed by atoms with Crippen molar-refractivity contribution in [1.29, 1.82) is 0 Å². The van der Waals surface area contributed by atoms with Crippen LogP contribution in [0.4, 0.5) is 0 Å². The summed E-state index contributed by atoms with van der Waals surface area (Å²) in [6.45, 7) is 6.30. The Balaban J connectivity index is 2.28. The second kappa shape index (κ2) is 5.21. The van der Waals surface area contributed by atoms with Crippen molar-refractivity contribution in [3.8, 4) is 0 Å². The van der Waals surface area contributed by atoms with Crippen molar-refractivity contribution in [3.63, 3.8) is 0 Å².